The van der Waals surface area contributed by atoms with Crippen molar-refractivity contribution in [3.63, 3.8) is 0 Å². The van der Waals surface area contributed by atoms with Crippen molar-refractivity contribution in [1.29, 1.82) is 0 Å². The van der Waals surface area contributed by atoms with Crippen LogP contribution in [0.1, 0.15) is 31.5 Å². The van der Waals surface area contributed by atoms with E-state index < -0.39 is 0 Å². The van der Waals surface area contributed by atoms with Crippen molar-refractivity contribution in [3.8, 4) is 0 Å². The van der Waals surface area contributed by atoms with Crippen LogP contribution in [0.25, 0.3) is 0 Å². The molecule has 4 heteroatoms. The van der Waals surface area contributed by atoms with E-state index in [0.717, 1.165) is 12.2 Å². The van der Waals surface area contributed by atoms with Crippen LogP contribution in [0, 0.1) is 11.8 Å². The Hall–Kier alpha value is -1.00. The van der Waals surface area contributed by atoms with Gasteiger partial charge in [-0.2, -0.15) is 10.2 Å². The van der Waals surface area contributed by atoms with Gasteiger partial charge in [0, 0.05) is 24.6 Å². The third kappa shape index (κ3) is 1.25. The number of hydrogen-bond acceptors (Lipinski definition) is 4. The predicted octanol–water partition coefficient (Wildman–Crippen LogP) is 1.30. The Balaban J connectivity index is 1.72. The first-order valence-electron chi connectivity index (χ1n) is 6.47. The zero-order valence-corrected chi connectivity index (χ0v) is 9.97. The van der Waals surface area contributed by atoms with Gasteiger partial charge < -0.3 is 10.1 Å². The van der Waals surface area contributed by atoms with Crippen LogP contribution in [-0.2, 0) is 4.74 Å². The fourth-order valence-electron chi connectivity index (χ4n) is 4.14. The molecule has 0 amide bonds. The van der Waals surface area contributed by atoms with E-state index >= 15 is 0 Å². The molecule has 5 atom stereocenters. The minimum Gasteiger partial charge on any atom is -0.371 e. The topological polar surface area (TPSA) is 47.0 Å². The Morgan fingerprint density at radius 2 is 2.47 bits per heavy atom. The second-order valence-electron chi connectivity index (χ2n) is 5.73. The minimum atomic E-state index is 0.0566. The number of nitrogens with one attached hydrogen (secondary N) is 1. The summed E-state index contributed by atoms with van der Waals surface area (Å²) in [5.41, 5.74) is 1.12. The van der Waals surface area contributed by atoms with Gasteiger partial charge in [-0.3, -0.25) is 0 Å². The first kappa shape index (κ1) is 9.97. The maximum atomic E-state index is 6.19. The van der Waals surface area contributed by atoms with Gasteiger partial charge in [-0.25, -0.2) is 0 Å². The first-order chi connectivity index (χ1) is 8.28. The molecule has 1 aromatic heterocycles. The van der Waals surface area contributed by atoms with Gasteiger partial charge in [-0.15, -0.1) is 0 Å². The first-order valence-corrected chi connectivity index (χ1v) is 6.47. The number of nitrogens with zero attached hydrogens (tertiary/aromatic N) is 2. The van der Waals surface area contributed by atoms with Crippen LogP contribution in [0.4, 0.5) is 0 Å². The molecule has 4 rings (SSSR count). The zero-order chi connectivity index (χ0) is 11.5. The zero-order valence-electron chi connectivity index (χ0n) is 9.97. The molecule has 3 aliphatic rings. The lowest BCUT2D eigenvalue weighted by Crippen LogP contribution is -2.37. The van der Waals surface area contributed by atoms with E-state index in [0.29, 0.717) is 24.0 Å². The molecule has 3 fully saturated rings. The second-order valence-corrected chi connectivity index (χ2v) is 5.73. The van der Waals surface area contributed by atoms with Crippen LogP contribution in [0.5, 0.6) is 0 Å². The van der Waals surface area contributed by atoms with Gasteiger partial charge in [0.25, 0.3) is 0 Å². The minimum absolute atomic E-state index is 0.0566. The summed E-state index contributed by atoms with van der Waals surface area (Å²) in [7, 11) is 0. The van der Waals surface area contributed by atoms with E-state index in [1.807, 2.05) is 6.07 Å². The molecular formula is C13H17N3O. The van der Waals surface area contributed by atoms with Crippen LogP contribution in [-0.4, -0.2) is 28.4 Å². The maximum Gasteiger partial charge on any atom is 0.0804 e. The lowest BCUT2D eigenvalue weighted by atomic mass is 9.71. The summed E-state index contributed by atoms with van der Waals surface area (Å²) in [6.45, 7) is 3.33. The monoisotopic (exact) mass is 231 g/mol. The molecular weight excluding hydrogens is 214 g/mol. The molecule has 0 aliphatic carbocycles. The number of ether oxygens (including phenoxy) is 1. The van der Waals surface area contributed by atoms with Crippen molar-refractivity contribution in [3.05, 3.63) is 24.0 Å². The van der Waals surface area contributed by atoms with Gasteiger partial charge in [0.2, 0.25) is 0 Å². The molecule has 4 nitrogen and oxygen atoms in total. The highest BCUT2D eigenvalue weighted by atomic mass is 16.5. The number of aromatic nitrogens is 2. The molecule has 0 spiro atoms. The summed E-state index contributed by atoms with van der Waals surface area (Å²) >= 11 is 0. The van der Waals surface area contributed by atoms with Gasteiger partial charge in [-0.05, 0) is 31.9 Å². The fourth-order valence-corrected chi connectivity index (χ4v) is 4.14. The summed E-state index contributed by atoms with van der Waals surface area (Å²) in [6.07, 6.45) is 4.62. The fraction of sp³-hybridized carbons (Fsp3) is 0.692. The standard InChI is InChI=1S/C13H17N3O/c1-13-5-4-10(17-13)8-7-14-12(11(8)13)9-3-2-6-15-16-9/h2-3,6,8,10-12,14H,4-5,7H2,1H3. The summed E-state index contributed by atoms with van der Waals surface area (Å²) in [5.74, 6) is 1.23. The number of hydrogen-bond donors (Lipinski definition) is 1. The Labute approximate surface area is 101 Å². The number of rotatable bonds is 1. The smallest absolute Gasteiger partial charge is 0.0804 e. The molecule has 5 unspecified atom stereocenters. The van der Waals surface area contributed by atoms with Crippen LogP contribution in [0.2, 0.25) is 0 Å². The van der Waals surface area contributed by atoms with Crippen molar-refractivity contribution < 1.29 is 4.74 Å². The lowest BCUT2D eigenvalue weighted by Gasteiger charge is -2.32. The lowest BCUT2D eigenvalue weighted by molar-refractivity contribution is -0.00265. The van der Waals surface area contributed by atoms with Gasteiger partial charge >= 0.3 is 0 Å². The van der Waals surface area contributed by atoms with Crippen LogP contribution in [0.3, 0.4) is 0 Å². The molecule has 0 radical (unpaired) electrons. The van der Waals surface area contributed by atoms with Crippen molar-refractivity contribution in [2.75, 3.05) is 6.54 Å². The van der Waals surface area contributed by atoms with Crippen molar-refractivity contribution in [2.45, 2.75) is 37.5 Å². The number of fused-ring (bicyclic) bond motifs is 5. The average Bonchev–Trinajstić information content (AvgIpc) is 2.99. The molecule has 3 aliphatic heterocycles. The molecule has 1 N–H and O–H groups in total. The van der Waals surface area contributed by atoms with E-state index in [4.69, 9.17) is 4.74 Å². The van der Waals surface area contributed by atoms with E-state index in [1.54, 1.807) is 6.20 Å². The summed E-state index contributed by atoms with van der Waals surface area (Å²) in [5, 5.41) is 11.9. The van der Waals surface area contributed by atoms with E-state index in [1.165, 1.54) is 12.8 Å². The molecule has 3 saturated heterocycles. The van der Waals surface area contributed by atoms with Crippen LogP contribution >= 0.6 is 0 Å². The van der Waals surface area contributed by atoms with Gasteiger partial charge in [0.05, 0.1) is 23.4 Å². The van der Waals surface area contributed by atoms with Crippen molar-refractivity contribution in [1.82, 2.24) is 15.5 Å². The second kappa shape index (κ2) is 3.27. The molecule has 17 heavy (non-hydrogen) atoms. The summed E-state index contributed by atoms with van der Waals surface area (Å²) < 4.78 is 6.19. The van der Waals surface area contributed by atoms with E-state index in [-0.39, 0.29) is 5.60 Å². The highest BCUT2D eigenvalue weighted by Gasteiger charge is 2.61. The summed E-state index contributed by atoms with van der Waals surface area (Å²) in [6, 6.07) is 4.36. The highest BCUT2D eigenvalue weighted by Crippen LogP contribution is 2.57. The van der Waals surface area contributed by atoms with E-state index in [2.05, 4.69) is 28.5 Å². The molecule has 0 saturated carbocycles. The maximum absolute atomic E-state index is 6.19. The van der Waals surface area contributed by atoms with Crippen LogP contribution < -0.4 is 5.32 Å². The highest BCUT2D eigenvalue weighted by molar-refractivity contribution is 5.19. The predicted molar refractivity (Wildman–Crippen MR) is 62.3 cm³/mol. The quantitative estimate of drug-likeness (QED) is 0.791. The molecule has 90 valence electrons. The van der Waals surface area contributed by atoms with Gasteiger partial charge in [0.1, 0.15) is 0 Å². The van der Waals surface area contributed by atoms with Crippen LogP contribution in [0.15, 0.2) is 18.3 Å². The van der Waals surface area contributed by atoms with Gasteiger partial charge in [0.15, 0.2) is 0 Å². The van der Waals surface area contributed by atoms with E-state index in [9.17, 15) is 0 Å². The Morgan fingerprint density at radius 3 is 3.29 bits per heavy atom. The average molecular weight is 231 g/mol. The Bertz CT molecular complexity index is 438. The Kier molecular flexibility index (Phi) is 1.92. The van der Waals surface area contributed by atoms with Crippen molar-refractivity contribution >= 4 is 0 Å². The normalized spacial score (nSPS) is 47.4. The Morgan fingerprint density at radius 1 is 1.53 bits per heavy atom. The largest absolute Gasteiger partial charge is 0.371 e. The molecule has 0 aromatic carbocycles. The van der Waals surface area contributed by atoms with Gasteiger partial charge in [-0.1, -0.05) is 0 Å². The third-order valence-electron chi connectivity index (χ3n) is 4.83. The van der Waals surface area contributed by atoms with Crippen molar-refractivity contribution in [2.24, 2.45) is 11.8 Å². The third-order valence-corrected chi connectivity index (χ3v) is 4.83. The molecule has 4 heterocycles. The SMILES string of the molecule is CC12CCC(O1)C1CNC(c3cccnn3)C12. The molecule has 2 bridgehead atoms. The summed E-state index contributed by atoms with van der Waals surface area (Å²) in [4.78, 5) is 0. The molecule has 1 aromatic rings.